The molecule has 42 heavy (non-hydrogen) atoms. The molecule has 0 spiro atoms. The van der Waals surface area contributed by atoms with Crippen molar-refractivity contribution in [3.05, 3.63) is 46.6 Å². The van der Waals surface area contributed by atoms with Crippen molar-refractivity contribution in [3.63, 3.8) is 0 Å². The average Bonchev–Trinajstić information content (AvgIpc) is 3.63. The van der Waals surface area contributed by atoms with Gasteiger partial charge in [-0.3, -0.25) is 9.80 Å². The minimum Gasteiger partial charge on any atom is -0.467 e. The van der Waals surface area contributed by atoms with Crippen LogP contribution in [0.3, 0.4) is 0 Å². The lowest BCUT2D eigenvalue weighted by atomic mass is 9.88. The van der Waals surface area contributed by atoms with Gasteiger partial charge in [0.15, 0.2) is 6.19 Å². The van der Waals surface area contributed by atoms with Gasteiger partial charge in [0, 0.05) is 56.3 Å². The lowest BCUT2D eigenvalue weighted by Crippen LogP contribution is -2.50. The number of fused-ring (bicyclic) bond motifs is 4. The van der Waals surface area contributed by atoms with Gasteiger partial charge < -0.3 is 15.0 Å². The Balaban J connectivity index is 0.000000296. The van der Waals surface area contributed by atoms with Crippen molar-refractivity contribution in [1.29, 1.82) is 5.26 Å². The van der Waals surface area contributed by atoms with E-state index in [2.05, 4.69) is 64.4 Å². The number of alkyl halides is 1. The van der Waals surface area contributed by atoms with Crippen LogP contribution in [0.4, 0.5) is 10.2 Å². The van der Waals surface area contributed by atoms with Gasteiger partial charge in [0.05, 0.1) is 12.8 Å². The molecule has 0 amide bonds. The number of halogens is 1. The van der Waals surface area contributed by atoms with Crippen molar-refractivity contribution in [2.24, 2.45) is 11.8 Å². The molecular weight excluding hydrogens is 529 g/mol. The number of nitriles is 1. The molecule has 7 rings (SSSR count). The number of aromatic nitrogens is 2. The highest BCUT2D eigenvalue weighted by Gasteiger charge is 2.43. The zero-order chi connectivity index (χ0) is 29.2. The number of nitrogens with one attached hydrogen (secondary N) is 1. The predicted octanol–water partition coefficient (Wildman–Crippen LogP) is 4.64. The van der Waals surface area contributed by atoms with Crippen LogP contribution in [0, 0.1) is 23.3 Å². The van der Waals surface area contributed by atoms with Crippen molar-refractivity contribution in [1.82, 2.24) is 25.1 Å². The van der Waals surface area contributed by atoms with Gasteiger partial charge in [-0.2, -0.15) is 15.2 Å². The summed E-state index contributed by atoms with van der Waals surface area (Å²) in [6.07, 6.45) is 10.4. The van der Waals surface area contributed by atoms with Gasteiger partial charge in [-0.1, -0.05) is 37.6 Å². The first-order valence-corrected chi connectivity index (χ1v) is 16.0. The molecule has 1 aromatic heterocycles. The Morgan fingerprint density at radius 2 is 1.90 bits per heavy atom. The summed E-state index contributed by atoms with van der Waals surface area (Å²) < 4.78 is 18.2. The third kappa shape index (κ3) is 5.80. The molecule has 5 atom stereocenters. The van der Waals surface area contributed by atoms with Gasteiger partial charge in [0.25, 0.3) is 0 Å². The fraction of sp³-hybridized carbons (Fsp3) is 0.667. The van der Waals surface area contributed by atoms with Gasteiger partial charge in [0.1, 0.15) is 12.0 Å². The van der Waals surface area contributed by atoms with E-state index >= 15 is 0 Å². The highest BCUT2D eigenvalue weighted by molar-refractivity contribution is 5.53. The minimum absolute atomic E-state index is 0.299. The van der Waals surface area contributed by atoms with Crippen LogP contribution in [-0.2, 0) is 19.4 Å². The van der Waals surface area contributed by atoms with Crippen LogP contribution in [0.25, 0.3) is 0 Å². The molecule has 3 saturated heterocycles. The van der Waals surface area contributed by atoms with E-state index < -0.39 is 6.17 Å². The second-order valence-corrected chi connectivity index (χ2v) is 13.0. The van der Waals surface area contributed by atoms with Crippen LogP contribution in [-0.4, -0.2) is 78.4 Å². The number of anilines is 1. The molecular formula is C33H46FN7O. The minimum atomic E-state index is -0.518. The average molecular weight is 576 g/mol. The summed E-state index contributed by atoms with van der Waals surface area (Å²) >= 11 is 0. The van der Waals surface area contributed by atoms with Gasteiger partial charge >= 0.3 is 6.01 Å². The van der Waals surface area contributed by atoms with E-state index in [9.17, 15) is 9.65 Å². The molecule has 1 N–H and O–H groups in total. The van der Waals surface area contributed by atoms with E-state index in [0.29, 0.717) is 42.5 Å². The second kappa shape index (κ2) is 12.7. The lowest BCUT2D eigenvalue weighted by Gasteiger charge is -2.41. The quantitative estimate of drug-likeness (QED) is 0.394. The van der Waals surface area contributed by atoms with Crippen LogP contribution in [0.2, 0.25) is 0 Å². The van der Waals surface area contributed by atoms with E-state index in [-0.39, 0.29) is 0 Å². The summed E-state index contributed by atoms with van der Waals surface area (Å²) in [7, 11) is 3.87. The Hall–Kier alpha value is -2.96. The molecule has 8 nitrogen and oxygen atoms in total. The molecule has 1 saturated carbocycles. The van der Waals surface area contributed by atoms with Crippen LogP contribution in [0.5, 0.6) is 6.01 Å². The number of benzene rings is 1. The fourth-order valence-electron chi connectivity index (χ4n) is 8.31. The maximum absolute atomic E-state index is 12.6. The van der Waals surface area contributed by atoms with E-state index in [1.165, 1.54) is 42.4 Å². The SMILES string of the molecule is CCCc1ccccc1C1Cc2nc(OC)nc(N3CC4CCC(C3)C4NC#N)c2CN1C.FC1CC2CCCN2C1. The summed E-state index contributed by atoms with van der Waals surface area (Å²) in [5.41, 5.74) is 5.18. The smallest absolute Gasteiger partial charge is 0.318 e. The van der Waals surface area contributed by atoms with E-state index in [0.717, 1.165) is 63.4 Å². The molecule has 5 unspecified atom stereocenters. The summed E-state index contributed by atoms with van der Waals surface area (Å²) in [5.74, 6) is 1.99. The van der Waals surface area contributed by atoms with Gasteiger partial charge in [-0.05, 0) is 75.1 Å². The van der Waals surface area contributed by atoms with Gasteiger partial charge in [-0.25, -0.2) is 4.39 Å². The first kappa shape index (κ1) is 29.1. The largest absolute Gasteiger partial charge is 0.467 e. The number of likely N-dealkylation sites (N-methyl/N-ethyl adjacent to an activating group) is 1. The number of aryl methyl sites for hydroxylation is 1. The fourth-order valence-corrected chi connectivity index (χ4v) is 8.31. The Morgan fingerprint density at radius 3 is 2.62 bits per heavy atom. The van der Waals surface area contributed by atoms with Crippen molar-refractivity contribution >= 4 is 5.82 Å². The number of hydrogen-bond donors (Lipinski definition) is 1. The van der Waals surface area contributed by atoms with Crippen LogP contribution in [0.15, 0.2) is 24.3 Å². The highest BCUT2D eigenvalue weighted by atomic mass is 19.1. The van der Waals surface area contributed by atoms with Crippen LogP contribution in [0.1, 0.15) is 73.9 Å². The Kier molecular flexibility index (Phi) is 8.83. The molecule has 4 fully saturated rings. The highest BCUT2D eigenvalue weighted by Crippen LogP contribution is 2.42. The standard InChI is InChI=1S/C26H34N6O.C7H12FN/c1-4-7-17-8-5-6-9-20(17)23-12-22-21(15-31(23)2)25(30-26(29-22)33-3)32-13-18-10-11-19(14-32)24(18)28-16-27;8-6-4-7-2-1-3-9(7)5-6/h5-6,8-9,18-19,23-24,28H,4,7,10-15H2,1-3H3;6-7H,1-5H2. The predicted molar refractivity (Wildman–Crippen MR) is 162 cm³/mol. The molecule has 1 aliphatic carbocycles. The van der Waals surface area contributed by atoms with E-state index in [1.807, 2.05) is 0 Å². The molecule has 5 heterocycles. The Labute approximate surface area is 250 Å². The second-order valence-electron chi connectivity index (χ2n) is 13.0. The monoisotopic (exact) mass is 575 g/mol. The zero-order valence-corrected chi connectivity index (χ0v) is 25.4. The Morgan fingerprint density at radius 1 is 1.12 bits per heavy atom. The number of hydrogen-bond acceptors (Lipinski definition) is 8. The number of rotatable bonds is 6. The molecule has 2 aromatic rings. The zero-order valence-electron chi connectivity index (χ0n) is 25.4. The number of piperidine rings is 1. The summed E-state index contributed by atoms with van der Waals surface area (Å²) in [6, 6.07) is 10.5. The maximum atomic E-state index is 12.6. The van der Waals surface area contributed by atoms with Crippen molar-refractivity contribution in [3.8, 4) is 12.2 Å². The number of nitrogens with zero attached hydrogens (tertiary/aromatic N) is 6. The van der Waals surface area contributed by atoms with E-state index in [4.69, 9.17) is 14.7 Å². The summed E-state index contributed by atoms with van der Waals surface area (Å²) in [4.78, 5) is 16.9. The third-order valence-corrected chi connectivity index (χ3v) is 10.3. The molecule has 226 valence electrons. The maximum Gasteiger partial charge on any atom is 0.318 e. The molecule has 5 aliphatic rings. The first-order valence-electron chi connectivity index (χ1n) is 16.0. The lowest BCUT2D eigenvalue weighted by molar-refractivity contribution is 0.212. The molecule has 4 aliphatic heterocycles. The van der Waals surface area contributed by atoms with Gasteiger partial charge in [-0.15, -0.1) is 0 Å². The molecule has 9 heteroatoms. The molecule has 2 bridgehead atoms. The van der Waals surface area contributed by atoms with Crippen molar-refractivity contribution in [2.45, 2.75) is 89.1 Å². The molecule has 0 radical (unpaired) electrons. The summed E-state index contributed by atoms with van der Waals surface area (Å²) in [6.45, 7) is 6.77. The Bertz CT molecular complexity index is 1260. The first-order chi connectivity index (χ1) is 20.5. The van der Waals surface area contributed by atoms with Crippen molar-refractivity contribution in [2.75, 3.05) is 45.2 Å². The summed E-state index contributed by atoms with van der Waals surface area (Å²) in [5, 5.41) is 12.2. The third-order valence-electron chi connectivity index (χ3n) is 10.3. The number of ether oxygens (including phenoxy) is 1. The van der Waals surface area contributed by atoms with Crippen molar-refractivity contribution < 1.29 is 9.13 Å². The van der Waals surface area contributed by atoms with Crippen LogP contribution >= 0.6 is 0 Å². The van der Waals surface area contributed by atoms with Crippen LogP contribution < -0.4 is 15.0 Å². The molecule has 1 aromatic carbocycles. The number of methoxy groups -OCH3 is 1. The van der Waals surface area contributed by atoms with Gasteiger partial charge in [0.2, 0.25) is 0 Å². The van der Waals surface area contributed by atoms with E-state index in [1.54, 1.807) is 7.11 Å². The normalized spacial score (nSPS) is 30.2. The topological polar surface area (TPSA) is 80.5 Å².